The number of hydrogen-bond donors (Lipinski definition) is 2. The molecule has 0 saturated heterocycles. The lowest BCUT2D eigenvalue weighted by molar-refractivity contribution is -0.138. The number of aromatic nitrogens is 1. The summed E-state index contributed by atoms with van der Waals surface area (Å²) < 4.78 is 12.2. The minimum atomic E-state index is -0.625. The third-order valence-electron chi connectivity index (χ3n) is 6.26. The molecule has 1 aromatic heterocycles. The zero-order valence-electron chi connectivity index (χ0n) is 22.6. The van der Waals surface area contributed by atoms with Gasteiger partial charge in [0, 0.05) is 30.8 Å². The second-order valence-electron chi connectivity index (χ2n) is 9.03. The van der Waals surface area contributed by atoms with Crippen molar-refractivity contribution in [2.45, 2.75) is 33.7 Å². The van der Waals surface area contributed by atoms with Crippen LogP contribution in [0.2, 0.25) is 0 Å². The van der Waals surface area contributed by atoms with Crippen molar-refractivity contribution >= 4 is 51.3 Å². The monoisotopic (exact) mass is 547 g/mol. The number of amides is 1. The molecule has 0 fully saturated rings. The number of rotatable bonds is 10. The molecule has 4 rings (SSSR count). The molecule has 0 spiro atoms. The first-order valence-electron chi connectivity index (χ1n) is 12.9. The number of fused-ring (bicyclic) bond motifs is 1. The first-order chi connectivity index (χ1) is 18.9. The maximum atomic E-state index is 12.8. The lowest BCUT2D eigenvalue weighted by Gasteiger charge is -2.09. The van der Waals surface area contributed by atoms with E-state index in [1.165, 1.54) is 11.8 Å². The fourth-order valence-electron chi connectivity index (χ4n) is 4.36. The molecule has 1 aliphatic rings. The molecule has 2 N–H and O–H groups in total. The van der Waals surface area contributed by atoms with Gasteiger partial charge in [-0.1, -0.05) is 54.6 Å². The molecule has 0 atom stereocenters. The van der Waals surface area contributed by atoms with E-state index in [4.69, 9.17) is 9.47 Å². The zero-order chi connectivity index (χ0) is 27.9. The molecule has 2 heterocycles. The van der Waals surface area contributed by atoms with Crippen LogP contribution in [0.5, 0.6) is 0 Å². The highest BCUT2D eigenvalue weighted by Crippen LogP contribution is 2.41. The Morgan fingerprint density at radius 1 is 1.15 bits per heavy atom. The van der Waals surface area contributed by atoms with E-state index in [2.05, 4.69) is 17.2 Å². The quantitative estimate of drug-likeness (QED) is 0.258. The van der Waals surface area contributed by atoms with Gasteiger partial charge < -0.3 is 24.5 Å². The van der Waals surface area contributed by atoms with Crippen molar-refractivity contribution in [2.75, 3.05) is 26.9 Å². The summed E-state index contributed by atoms with van der Waals surface area (Å²) in [6, 6.07) is 13.6. The average molecular weight is 548 g/mol. The maximum absolute atomic E-state index is 12.8. The molecule has 0 unspecified atom stereocenters. The first-order valence-corrected chi connectivity index (χ1v) is 13.7. The fraction of sp³-hybridized carbons (Fsp3) is 0.300. The molecule has 0 aliphatic carbocycles. The number of aliphatic hydroxyl groups is 1. The van der Waals surface area contributed by atoms with Gasteiger partial charge in [-0.2, -0.15) is 0 Å². The number of carbonyl (C=O) groups excluding carboxylic acids is 2. The van der Waals surface area contributed by atoms with Gasteiger partial charge >= 0.3 is 5.97 Å². The Balaban J connectivity index is 1.77. The predicted octanol–water partition coefficient (Wildman–Crippen LogP) is 5.47. The van der Waals surface area contributed by atoms with E-state index in [9.17, 15) is 14.7 Å². The third kappa shape index (κ3) is 6.43. The number of methoxy groups -OCH3 is 1. The normalized spacial score (nSPS) is 15.5. The van der Waals surface area contributed by atoms with Crippen molar-refractivity contribution in [1.82, 2.24) is 9.88 Å². The van der Waals surface area contributed by atoms with E-state index < -0.39 is 5.97 Å². The van der Waals surface area contributed by atoms with Crippen LogP contribution in [0.25, 0.3) is 17.0 Å². The number of hydrogen-bond acceptors (Lipinski definition) is 7. The van der Waals surface area contributed by atoms with Crippen LogP contribution >= 0.6 is 11.8 Å². The second-order valence-corrected chi connectivity index (χ2v) is 10.1. The van der Waals surface area contributed by atoms with Crippen LogP contribution < -0.4 is 5.32 Å². The molecule has 9 heteroatoms. The number of benzene rings is 2. The van der Waals surface area contributed by atoms with Crippen molar-refractivity contribution in [3.05, 3.63) is 81.6 Å². The van der Waals surface area contributed by atoms with Gasteiger partial charge in [0.25, 0.3) is 0 Å². The molecule has 39 heavy (non-hydrogen) atoms. The molecule has 2 aromatic carbocycles. The summed E-state index contributed by atoms with van der Waals surface area (Å²) in [6.07, 6.45) is 4.53. The predicted molar refractivity (Wildman–Crippen MR) is 156 cm³/mol. The van der Waals surface area contributed by atoms with Crippen LogP contribution in [0, 0.1) is 6.92 Å². The van der Waals surface area contributed by atoms with E-state index in [0.717, 1.165) is 34.0 Å². The minimum absolute atomic E-state index is 0.0455. The number of para-hydroxylation sites is 1. The van der Waals surface area contributed by atoms with Crippen LogP contribution in [0.3, 0.4) is 0 Å². The summed E-state index contributed by atoms with van der Waals surface area (Å²) in [5.74, 6) is -0.918. The van der Waals surface area contributed by atoms with Gasteiger partial charge in [-0.15, -0.1) is 0 Å². The summed E-state index contributed by atoms with van der Waals surface area (Å²) in [6.45, 7) is 6.97. The number of thioether (sulfide) groups is 1. The van der Waals surface area contributed by atoms with Crippen LogP contribution in [-0.2, 0) is 32.0 Å². The summed E-state index contributed by atoms with van der Waals surface area (Å²) in [7, 11) is 1.59. The number of aliphatic imine (C=N–C) groups is 1. The minimum Gasteiger partial charge on any atom is -0.506 e. The topological polar surface area (TPSA) is 102 Å². The van der Waals surface area contributed by atoms with Crippen LogP contribution in [0.1, 0.15) is 30.5 Å². The van der Waals surface area contributed by atoms with E-state index in [-0.39, 0.29) is 30.4 Å². The average Bonchev–Trinajstić information content (AvgIpc) is 3.42. The van der Waals surface area contributed by atoms with Crippen LogP contribution in [0.15, 0.2) is 69.9 Å². The Morgan fingerprint density at radius 3 is 2.62 bits per heavy atom. The highest BCUT2D eigenvalue weighted by Gasteiger charge is 2.33. The van der Waals surface area contributed by atoms with E-state index in [1.807, 2.05) is 66.2 Å². The summed E-state index contributed by atoms with van der Waals surface area (Å²) in [5, 5.41) is 15.4. The van der Waals surface area contributed by atoms with Crippen LogP contribution in [0.4, 0.5) is 5.69 Å². The first kappa shape index (κ1) is 28.2. The lowest BCUT2D eigenvalue weighted by atomic mass is 10.1. The van der Waals surface area contributed by atoms with Gasteiger partial charge in [0.1, 0.15) is 22.9 Å². The Hall–Kier alpha value is -3.82. The number of ether oxygens (including phenoxy) is 2. The van der Waals surface area contributed by atoms with Crippen LogP contribution in [-0.4, -0.2) is 53.5 Å². The van der Waals surface area contributed by atoms with Crippen molar-refractivity contribution in [1.29, 1.82) is 0 Å². The number of nitrogens with zero attached hydrogens (tertiary/aromatic N) is 2. The Bertz CT molecular complexity index is 1470. The van der Waals surface area contributed by atoms with E-state index >= 15 is 0 Å². The van der Waals surface area contributed by atoms with Gasteiger partial charge in [0.05, 0.1) is 29.3 Å². The van der Waals surface area contributed by atoms with Crippen molar-refractivity contribution in [3.63, 3.8) is 0 Å². The van der Waals surface area contributed by atoms with E-state index in [0.29, 0.717) is 28.8 Å². The standard InChI is InChI=1S/C30H33N3O5S/c1-5-20-8-7-9-23-21(17-33(27(20)23)18-25(34)31-14-15-37-4)16-24-28(35)26(30(36)38-6-2)29(39-24)32-22-12-10-19(3)11-13-22/h7-13,16-17,35H,5-6,14-15,18H2,1-4H3,(H,31,34)/b24-16-,32-29?. The SMILES string of the molecule is CCOC(=O)C1=C(O)/C(=C/c2cn(CC(=O)NCCOC)c3c(CC)cccc23)SC1=Nc1ccc(C)cc1. The zero-order valence-corrected chi connectivity index (χ0v) is 23.4. The van der Waals surface area contributed by atoms with Gasteiger partial charge in [0.2, 0.25) is 5.91 Å². The fourth-order valence-corrected chi connectivity index (χ4v) is 5.39. The highest BCUT2D eigenvalue weighted by atomic mass is 32.2. The van der Waals surface area contributed by atoms with Gasteiger partial charge in [-0.3, -0.25) is 4.79 Å². The van der Waals surface area contributed by atoms with Crippen molar-refractivity contribution in [2.24, 2.45) is 4.99 Å². The molecule has 204 valence electrons. The Kier molecular flexibility index (Phi) is 9.27. The van der Waals surface area contributed by atoms with Gasteiger partial charge in [0.15, 0.2) is 0 Å². The molecule has 8 nitrogen and oxygen atoms in total. The number of aryl methyl sites for hydroxylation is 2. The summed E-state index contributed by atoms with van der Waals surface area (Å²) in [4.78, 5) is 30.6. The Morgan fingerprint density at radius 2 is 1.92 bits per heavy atom. The second kappa shape index (κ2) is 12.8. The molecule has 0 bridgehead atoms. The summed E-state index contributed by atoms with van der Waals surface area (Å²) in [5.41, 5.74) is 4.69. The third-order valence-corrected chi connectivity index (χ3v) is 7.28. The number of aliphatic hydroxyl groups excluding tert-OH is 1. The van der Waals surface area contributed by atoms with Gasteiger partial charge in [-0.25, -0.2) is 9.79 Å². The molecule has 1 amide bonds. The van der Waals surface area contributed by atoms with Crippen molar-refractivity contribution in [3.8, 4) is 0 Å². The van der Waals surface area contributed by atoms with Gasteiger partial charge in [-0.05, 0) is 44.0 Å². The molecular weight excluding hydrogens is 514 g/mol. The lowest BCUT2D eigenvalue weighted by Crippen LogP contribution is -2.30. The van der Waals surface area contributed by atoms with E-state index in [1.54, 1.807) is 14.0 Å². The van der Waals surface area contributed by atoms with Crippen molar-refractivity contribution < 1.29 is 24.2 Å². The number of carbonyl (C=O) groups is 2. The maximum Gasteiger partial charge on any atom is 0.344 e. The largest absolute Gasteiger partial charge is 0.506 e. The molecule has 1 aliphatic heterocycles. The number of esters is 1. The molecular formula is C30H33N3O5S. The molecule has 0 radical (unpaired) electrons. The number of nitrogens with one attached hydrogen (secondary N) is 1. The highest BCUT2D eigenvalue weighted by molar-refractivity contribution is 8.18. The smallest absolute Gasteiger partial charge is 0.344 e. The summed E-state index contributed by atoms with van der Waals surface area (Å²) >= 11 is 1.21. The molecule has 0 saturated carbocycles. The Labute approximate surface area is 232 Å². The molecule has 3 aromatic rings.